The number of aryl methyl sites for hydroxylation is 1. The molecule has 1 fully saturated rings. The number of amides is 1. The van der Waals surface area contributed by atoms with Crippen LogP contribution in [0.5, 0.6) is 0 Å². The predicted molar refractivity (Wildman–Crippen MR) is 101 cm³/mol. The van der Waals surface area contributed by atoms with E-state index in [1.54, 1.807) is 30.6 Å². The Morgan fingerprint density at radius 2 is 2.23 bits per heavy atom. The average Bonchev–Trinajstić information content (AvgIpc) is 3.11. The molecule has 1 atom stereocenters. The highest BCUT2D eigenvalue weighted by Crippen LogP contribution is 2.17. The number of nitrogens with two attached hydrogens (primary N) is 1. The second kappa shape index (κ2) is 8.05. The lowest BCUT2D eigenvalue weighted by atomic mass is 10.2. The molecule has 7 nitrogen and oxygen atoms in total. The Labute approximate surface area is 153 Å². The van der Waals surface area contributed by atoms with Gasteiger partial charge in [0.05, 0.1) is 12.2 Å². The van der Waals surface area contributed by atoms with Crippen LogP contribution in [0.4, 0.5) is 5.82 Å². The number of nitrogens with zero attached hydrogens (tertiary/aromatic N) is 5. The molecule has 0 radical (unpaired) electrons. The van der Waals surface area contributed by atoms with E-state index in [2.05, 4.69) is 19.9 Å². The fourth-order valence-corrected chi connectivity index (χ4v) is 3.07. The second-order valence-electron chi connectivity index (χ2n) is 6.58. The molecule has 0 aliphatic carbocycles. The fraction of sp³-hybridized carbons (Fsp3) is 0.368. The standard InChI is InChI=1S/C19H24N6O/c1-14-4-3-9-21-16(14)5-6-19(26)25-11-8-15(12-25)24(2)13-18-22-10-7-17(20)23-18/h3-7,9-10,15H,8,11-13H2,1-2H3,(H2,20,22,23)/b6-5+. The van der Waals surface area contributed by atoms with E-state index in [1.165, 1.54) is 0 Å². The molecule has 0 saturated carbocycles. The van der Waals surface area contributed by atoms with Crippen molar-refractivity contribution < 1.29 is 4.79 Å². The summed E-state index contributed by atoms with van der Waals surface area (Å²) in [5, 5.41) is 0. The van der Waals surface area contributed by atoms with Crippen molar-refractivity contribution >= 4 is 17.8 Å². The van der Waals surface area contributed by atoms with Gasteiger partial charge in [-0.15, -0.1) is 0 Å². The molecule has 136 valence electrons. The van der Waals surface area contributed by atoms with Gasteiger partial charge in [0.25, 0.3) is 0 Å². The van der Waals surface area contributed by atoms with Gasteiger partial charge in [-0.3, -0.25) is 14.7 Å². The van der Waals surface area contributed by atoms with Gasteiger partial charge in [0.15, 0.2) is 0 Å². The number of hydrogen-bond donors (Lipinski definition) is 1. The van der Waals surface area contributed by atoms with E-state index in [0.717, 1.165) is 24.2 Å². The zero-order valence-corrected chi connectivity index (χ0v) is 15.2. The van der Waals surface area contributed by atoms with Crippen LogP contribution in [-0.4, -0.2) is 56.8 Å². The number of anilines is 1. The summed E-state index contributed by atoms with van der Waals surface area (Å²) in [7, 11) is 2.03. The number of nitrogen functional groups attached to an aromatic ring is 1. The molecule has 1 saturated heterocycles. The average molecular weight is 352 g/mol. The normalized spacial score (nSPS) is 17.3. The molecule has 0 bridgehead atoms. The molecule has 0 aromatic carbocycles. The summed E-state index contributed by atoms with van der Waals surface area (Å²) in [6, 6.07) is 5.83. The van der Waals surface area contributed by atoms with Gasteiger partial charge in [-0.1, -0.05) is 6.07 Å². The molecular formula is C19H24N6O. The van der Waals surface area contributed by atoms with Crippen LogP contribution in [0.3, 0.4) is 0 Å². The lowest BCUT2D eigenvalue weighted by molar-refractivity contribution is -0.125. The Morgan fingerprint density at radius 1 is 1.38 bits per heavy atom. The fourth-order valence-electron chi connectivity index (χ4n) is 3.07. The Hall–Kier alpha value is -2.80. The number of likely N-dealkylation sites (N-methyl/N-ethyl adjacent to an activating group) is 1. The van der Waals surface area contributed by atoms with Crippen LogP contribution in [0.1, 0.15) is 23.5 Å². The molecule has 1 amide bonds. The van der Waals surface area contributed by atoms with Gasteiger partial charge in [-0.2, -0.15) is 0 Å². The minimum atomic E-state index is 0.0196. The van der Waals surface area contributed by atoms with Crippen molar-refractivity contribution in [2.24, 2.45) is 0 Å². The number of pyridine rings is 1. The first kappa shape index (κ1) is 18.0. The van der Waals surface area contributed by atoms with Crippen LogP contribution in [-0.2, 0) is 11.3 Å². The minimum absolute atomic E-state index is 0.0196. The Morgan fingerprint density at radius 3 is 3.00 bits per heavy atom. The molecule has 26 heavy (non-hydrogen) atoms. The molecule has 1 unspecified atom stereocenters. The van der Waals surface area contributed by atoms with Gasteiger partial charge in [-0.05, 0) is 44.2 Å². The van der Waals surface area contributed by atoms with Crippen molar-refractivity contribution in [1.29, 1.82) is 0 Å². The topological polar surface area (TPSA) is 88.2 Å². The molecule has 2 aromatic rings. The maximum Gasteiger partial charge on any atom is 0.246 e. The first-order valence-electron chi connectivity index (χ1n) is 8.69. The molecule has 3 heterocycles. The lowest BCUT2D eigenvalue weighted by Gasteiger charge is -2.23. The molecule has 3 rings (SSSR count). The number of carbonyl (C=O) groups excluding carboxylic acids is 1. The Bertz CT molecular complexity index is 806. The maximum absolute atomic E-state index is 12.5. The largest absolute Gasteiger partial charge is 0.384 e. The third-order valence-corrected chi connectivity index (χ3v) is 4.65. The van der Waals surface area contributed by atoms with Crippen LogP contribution >= 0.6 is 0 Å². The van der Waals surface area contributed by atoms with E-state index in [9.17, 15) is 4.79 Å². The summed E-state index contributed by atoms with van der Waals surface area (Å²) < 4.78 is 0. The summed E-state index contributed by atoms with van der Waals surface area (Å²) in [6.07, 6.45) is 7.73. The number of rotatable bonds is 5. The van der Waals surface area contributed by atoms with Crippen LogP contribution < -0.4 is 5.73 Å². The van der Waals surface area contributed by atoms with Gasteiger partial charge < -0.3 is 10.6 Å². The quantitative estimate of drug-likeness (QED) is 0.821. The van der Waals surface area contributed by atoms with E-state index in [1.807, 2.05) is 31.0 Å². The smallest absolute Gasteiger partial charge is 0.246 e. The highest BCUT2D eigenvalue weighted by molar-refractivity contribution is 5.91. The molecular weight excluding hydrogens is 328 g/mol. The lowest BCUT2D eigenvalue weighted by Crippen LogP contribution is -2.36. The van der Waals surface area contributed by atoms with E-state index in [-0.39, 0.29) is 11.9 Å². The summed E-state index contributed by atoms with van der Waals surface area (Å²) in [6.45, 7) is 4.04. The highest BCUT2D eigenvalue weighted by Gasteiger charge is 2.28. The number of aromatic nitrogens is 3. The predicted octanol–water partition coefficient (Wildman–Crippen LogP) is 1.51. The first-order chi connectivity index (χ1) is 12.5. The monoisotopic (exact) mass is 352 g/mol. The van der Waals surface area contributed by atoms with E-state index in [0.29, 0.717) is 24.7 Å². The molecule has 0 spiro atoms. The summed E-state index contributed by atoms with van der Waals surface area (Å²) in [4.78, 5) is 29.3. The van der Waals surface area contributed by atoms with Crippen molar-refractivity contribution in [1.82, 2.24) is 24.8 Å². The second-order valence-corrected chi connectivity index (χ2v) is 6.58. The Kier molecular flexibility index (Phi) is 5.58. The Balaban J connectivity index is 1.56. The molecule has 2 aromatic heterocycles. The minimum Gasteiger partial charge on any atom is -0.384 e. The SMILES string of the molecule is Cc1cccnc1/C=C/C(=O)N1CCC(N(C)Cc2nccc(N)n2)C1. The van der Waals surface area contributed by atoms with Gasteiger partial charge in [0.1, 0.15) is 11.6 Å². The maximum atomic E-state index is 12.5. The van der Waals surface area contributed by atoms with E-state index < -0.39 is 0 Å². The summed E-state index contributed by atoms with van der Waals surface area (Å²) in [5.41, 5.74) is 7.59. The number of carbonyl (C=O) groups is 1. The van der Waals surface area contributed by atoms with Crippen molar-refractivity contribution in [3.63, 3.8) is 0 Å². The zero-order chi connectivity index (χ0) is 18.5. The van der Waals surface area contributed by atoms with E-state index in [4.69, 9.17) is 5.73 Å². The van der Waals surface area contributed by atoms with Crippen molar-refractivity contribution in [3.8, 4) is 0 Å². The molecule has 2 N–H and O–H groups in total. The molecule has 7 heteroatoms. The van der Waals surface area contributed by atoms with Gasteiger partial charge in [-0.25, -0.2) is 9.97 Å². The van der Waals surface area contributed by atoms with Crippen LogP contribution in [0.25, 0.3) is 6.08 Å². The number of hydrogen-bond acceptors (Lipinski definition) is 6. The third kappa shape index (κ3) is 4.43. The van der Waals surface area contributed by atoms with Crippen LogP contribution in [0.15, 0.2) is 36.7 Å². The van der Waals surface area contributed by atoms with Gasteiger partial charge >= 0.3 is 0 Å². The van der Waals surface area contributed by atoms with Crippen LogP contribution in [0.2, 0.25) is 0 Å². The molecule has 1 aliphatic heterocycles. The van der Waals surface area contributed by atoms with Gasteiger partial charge in [0, 0.05) is 37.6 Å². The van der Waals surface area contributed by atoms with E-state index >= 15 is 0 Å². The van der Waals surface area contributed by atoms with Crippen molar-refractivity contribution in [3.05, 3.63) is 53.8 Å². The van der Waals surface area contributed by atoms with Crippen molar-refractivity contribution in [2.45, 2.75) is 25.9 Å². The van der Waals surface area contributed by atoms with Gasteiger partial charge in [0.2, 0.25) is 5.91 Å². The summed E-state index contributed by atoms with van der Waals surface area (Å²) >= 11 is 0. The number of likely N-dealkylation sites (tertiary alicyclic amines) is 1. The van der Waals surface area contributed by atoms with Crippen LogP contribution in [0, 0.1) is 6.92 Å². The summed E-state index contributed by atoms with van der Waals surface area (Å²) in [5.74, 6) is 1.19. The molecule has 1 aliphatic rings. The van der Waals surface area contributed by atoms with Crippen molar-refractivity contribution in [2.75, 3.05) is 25.9 Å². The first-order valence-corrected chi connectivity index (χ1v) is 8.69. The zero-order valence-electron chi connectivity index (χ0n) is 15.2. The third-order valence-electron chi connectivity index (χ3n) is 4.65. The highest BCUT2D eigenvalue weighted by atomic mass is 16.2.